The van der Waals surface area contributed by atoms with Crippen molar-refractivity contribution >= 4 is 27.9 Å². The SMILES string of the molecule is COc1cc(-c2oc3c(O)c(O)c4c(=O)cc(-c5ccccc5)oc4c3c2CC(=O)O)ccc1O. The van der Waals surface area contributed by atoms with Gasteiger partial charge in [-0.3, -0.25) is 9.59 Å². The van der Waals surface area contributed by atoms with E-state index in [4.69, 9.17) is 13.6 Å². The zero-order valence-electron chi connectivity index (χ0n) is 18.2. The summed E-state index contributed by atoms with van der Waals surface area (Å²) in [7, 11) is 1.35. The highest BCUT2D eigenvalue weighted by atomic mass is 16.5. The molecule has 5 aromatic rings. The van der Waals surface area contributed by atoms with Crippen molar-refractivity contribution in [1.29, 1.82) is 0 Å². The van der Waals surface area contributed by atoms with Gasteiger partial charge >= 0.3 is 5.97 Å². The number of phenols is 3. The van der Waals surface area contributed by atoms with Gasteiger partial charge in [-0.05, 0) is 18.2 Å². The first-order valence-electron chi connectivity index (χ1n) is 10.4. The number of hydrogen-bond donors (Lipinski definition) is 4. The third-order valence-corrected chi connectivity index (χ3v) is 5.69. The van der Waals surface area contributed by atoms with Gasteiger partial charge in [0.2, 0.25) is 5.75 Å². The largest absolute Gasteiger partial charge is 0.504 e. The lowest BCUT2D eigenvalue weighted by Crippen LogP contribution is -2.03. The number of carbonyl (C=O) groups is 1. The second-order valence-corrected chi connectivity index (χ2v) is 7.81. The van der Waals surface area contributed by atoms with Crippen LogP contribution in [0.4, 0.5) is 0 Å². The zero-order chi connectivity index (χ0) is 24.9. The van der Waals surface area contributed by atoms with Gasteiger partial charge in [0.15, 0.2) is 33.8 Å². The van der Waals surface area contributed by atoms with Crippen LogP contribution < -0.4 is 10.2 Å². The van der Waals surface area contributed by atoms with Crippen molar-refractivity contribution in [2.24, 2.45) is 0 Å². The highest BCUT2D eigenvalue weighted by Crippen LogP contribution is 2.48. The molecule has 0 saturated carbocycles. The van der Waals surface area contributed by atoms with Crippen LogP contribution in [0, 0.1) is 0 Å². The van der Waals surface area contributed by atoms with Crippen LogP contribution >= 0.6 is 0 Å². The molecular formula is C26H18O9. The van der Waals surface area contributed by atoms with E-state index in [9.17, 15) is 30.0 Å². The second-order valence-electron chi connectivity index (χ2n) is 7.81. The normalized spacial score (nSPS) is 11.2. The molecule has 2 aromatic heterocycles. The van der Waals surface area contributed by atoms with Crippen LogP contribution in [0.5, 0.6) is 23.0 Å². The van der Waals surface area contributed by atoms with E-state index >= 15 is 0 Å². The van der Waals surface area contributed by atoms with Gasteiger partial charge in [-0.15, -0.1) is 0 Å². The van der Waals surface area contributed by atoms with E-state index in [2.05, 4.69) is 0 Å². The predicted octanol–water partition coefficient (Wildman–Crippen LogP) is 4.63. The van der Waals surface area contributed by atoms with Crippen LogP contribution in [0.2, 0.25) is 0 Å². The molecule has 0 saturated heterocycles. The molecule has 0 unspecified atom stereocenters. The number of ether oxygens (including phenoxy) is 1. The Balaban J connectivity index is 1.93. The van der Waals surface area contributed by atoms with Crippen molar-refractivity contribution in [3.8, 4) is 45.6 Å². The molecular weight excluding hydrogens is 456 g/mol. The van der Waals surface area contributed by atoms with Gasteiger partial charge in [-0.1, -0.05) is 30.3 Å². The zero-order valence-corrected chi connectivity index (χ0v) is 18.2. The Bertz CT molecular complexity index is 1680. The third kappa shape index (κ3) is 3.50. The van der Waals surface area contributed by atoms with Crippen LogP contribution in [0.25, 0.3) is 44.6 Å². The number of aliphatic carboxylic acids is 1. The number of benzene rings is 3. The summed E-state index contributed by atoms with van der Waals surface area (Å²) in [5.41, 5.74) is 0.0176. The van der Waals surface area contributed by atoms with Crippen molar-refractivity contribution in [3.05, 3.63) is 70.4 Å². The number of hydrogen-bond acceptors (Lipinski definition) is 8. The molecule has 0 aliphatic rings. The molecule has 0 spiro atoms. The molecule has 35 heavy (non-hydrogen) atoms. The Kier molecular flexibility index (Phi) is 5.09. The topological polar surface area (TPSA) is 151 Å². The minimum Gasteiger partial charge on any atom is -0.504 e. The monoisotopic (exact) mass is 474 g/mol. The number of methoxy groups -OCH3 is 1. The van der Waals surface area contributed by atoms with Gasteiger partial charge in [0.1, 0.15) is 16.9 Å². The van der Waals surface area contributed by atoms with Gasteiger partial charge < -0.3 is 34.0 Å². The molecule has 0 radical (unpaired) electrons. The summed E-state index contributed by atoms with van der Waals surface area (Å²) in [5.74, 6) is -2.49. The van der Waals surface area contributed by atoms with Crippen molar-refractivity contribution in [3.63, 3.8) is 0 Å². The summed E-state index contributed by atoms with van der Waals surface area (Å²) in [6, 6.07) is 14.2. The van der Waals surface area contributed by atoms with Gasteiger partial charge in [-0.2, -0.15) is 0 Å². The van der Waals surface area contributed by atoms with E-state index < -0.39 is 29.3 Å². The van der Waals surface area contributed by atoms with E-state index in [0.29, 0.717) is 11.1 Å². The number of fused-ring (bicyclic) bond motifs is 3. The van der Waals surface area contributed by atoms with E-state index in [1.807, 2.05) is 0 Å². The molecule has 4 N–H and O–H groups in total. The van der Waals surface area contributed by atoms with E-state index in [-0.39, 0.29) is 50.5 Å². The number of phenolic OH excluding ortho intramolecular Hbond substituents is 3. The molecule has 9 nitrogen and oxygen atoms in total. The summed E-state index contributed by atoms with van der Waals surface area (Å²) in [5, 5.41) is 40.6. The minimum absolute atomic E-state index is 0.0367. The van der Waals surface area contributed by atoms with Gasteiger partial charge in [0, 0.05) is 22.8 Å². The number of furan rings is 1. The fourth-order valence-electron chi connectivity index (χ4n) is 4.11. The smallest absolute Gasteiger partial charge is 0.307 e. The Morgan fingerprint density at radius 1 is 0.886 bits per heavy atom. The summed E-state index contributed by atoms with van der Waals surface area (Å²) in [6.07, 6.45) is -0.551. The van der Waals surface area contributed by atoms with Gasteiger partial charge in [-0.25, -0.2) is 0 Å². The van der Waals surface area contributed by atoms with Crippen molar-refractivity contribution in [2.75, 3.05) is 7.11 Å². The van der Waals surface area contributed by atoms with Crippen molar-refractivity contribution in [2.45, 2.75) is 6.42 Å². The van der Waals surface area contributed by atoms with Crippen molar-refractivity contribution < 1.29 is 38.8 Å². The summed E-state index contributed by atoms with van der Waals surface area (Å²) in [4.78, 5) is 24.8. The van der Waals surface area contributed by atoms with Crippen LogP contribution in [0.1, 0.15) is 5.56 Å². The standard InChI is InChI=1S/C26H18O9/c1-33-18-9-13(7-8-15(18)27)24-14(10-19(29)30)20-25-21(22(31)23(32)26(20)35-24)16(28)11-17(34-25)12-5-3-2-4-6-12/h2-9,11,27,31-32H,10H2,1H3,(H,29,30). The molecule has 5 rings (SSSR count). The molecule has 0 bridgehead atoms. The average molecular weight is 474 g/mol. The van der Waals surface area contributed by atoms with Crippen LogP contribution in [0.3, 0.4) is 0 Å². The Labute approximate surface area is 196 Å². The van der Waals surface area contributed by atoms with E-state index in [1.54, 1.807) is 30.3 Å². The molecule has 176 valence electrons. The Hall–Kier alpha value is -4.92. The molecule has 2 heterocycles. The number of aromatic hydroxyl groups is 3. The molecule has 0 atom stereocenters. The van der Waals surface area contributed by atoms with Crippen LogP contribution in [-0.4, -0.2) is 33.5 Å². The Morgan fingerprint density at radius 3 is 2.31 bits per heavy atom. The maximum atomic E-state index is 13.0. The van der Waals surface area contributed by atoms with Gasteiger partial charge in [0.05, 0.1) is 18.9 Å². The summed E-state index contributed by atoms with van der Waals surface area (Å²) in [6.45, 7) is 0. The van der Waals surface area contributed by atoms with E-state index in [0.717, 1.165) is 0 Å². The number of carboxylic acid groups (broad SMARTS) is 1. The molecule has 9 heteroatoms. The second kappa shape index (κ2) is 8.14. The Morgan fingerprint density at radius 2 is 1.63 bits per heavy atom. The molecule has 3 aromatic carbocycles. The first-order chi connectivity index (χ1) is 16.8. The fraction of sp³-hybridized carbons (Fsp3) is 0.0769. The molecule has 0 aliphatic heterocycles. The first-order valence-corrected chi connectivity index (χ1v) is 10.4. The highest BCUT2D eigenvalue weighted by Gasteiger charge is 2.28. The van der Waals surface area contributed by atoms with Crippen LogP contribution in [-0.2, 0) is 11.2 Å². The van der Waals surface area contributed by atoms with Crippen LogP contribution in [0.15, 0.2) is 68.2 Å². The quantitative estimate of drug-likeness (QED) is 0.267. The predicted molar refractivity (Wildman–Crippen MR) is 126 cm³/mol. The first kappa shape index (κ1) is 21.9. The lowest BCUT2D eigenvalue weighted by Gasteiger charge is -2.08. The molecule has 0 fully saturated rings. The van der Waals surface area contributed by atoms with Gasteiger partial charge in [0.25, 0.3) is 0 Å². The lowest BCUT2D eigenvalue weighted by atomic mass is 10.00. The van der Waals surface area contributed by atoms with Crippen molar-refractivity contribution in [1.82, 2.24) is 0 Å². The minimum atomic E-state index is -1.21. The summed E-state index contributed by atoms with van der Waals surface area (Å²) < 4.78 is 17.0. The summed E-state index contributed by atoms with van der Waals surface area (Å²) >= 11 is 0. The fourth-order valence-corrected chi connectivity index (χ4v) is 4.11. The molecule has 0 amide bonds. The highest BCUT2D eigenvalue weighted by molar-refractivity contribution is 6.13. The lowest BCUT2D eigenvalue weighted by molar-refractivity contribution is -0.136. The molecule has 0 aliphatic carbocycles. The number of carboxylic acids is 1. The average Bonchev–Trinajstić information content (AvgIpc) is 3.21. The number of rotatable bonds is 5. The maximum Gasteiger partial charge on any atom is 0.307 e. The van der Waals surface area contributed by atoms with E-state index in [1.165, 1.54) is 31.4 Å². The maximum absolute atomic E-state index is 13.0. The third-order valence-electron chi connectivity index (χ3n) is 5.69.